The van der Waals surface area contributed by atoms with Gasteiger partial charge in [0.25, 0.3) is 0 Å². The molecule has 1 atom stereocenters. The first kappa shape index (κ1) is 9.41. The molecule has 0 aromatic carbocycles. The fraction of sp³-hybridized carbons (Fsp3) is 0.667. The van der Waals surface area contributed by atoms with E-state index >= 15 is 0 Å². The summed E-state index contributed by atoms with van der Waals surface area (Å²) in [5, 5.41) is 0. The maximum atomic E-state index is 10.5. The van der Waals surface area contributed by atoms with E-state index in [1.807, 2.05) is 6.08 Å². The second kappa shape index (κ2) is 5.21. The van der Waals surface area contributed by atoms with Crippen molar-refractivity contribution in [2.75, 3.05) is 0 Å². The highest BCUT2D eigenvalue weighted by Gasteiger charge is 1.90. The molecule has 0 aromatic rings. The van der Waals surface area contributed by atoms with Gasteiger partial charge < -0.3 is 0 Å². The van der Waals surface area contributed by atoms with Crippen LogP contribution in [-0.4, -0.2) is 5.78 Å². The Hall–Kier alpha value is -0.590. The lowest BCUT2D eigenvalue weighted by Gasteiger charge is -1.97. The van der Waals surface area contributed by atoms with E-state index in [4.69, 9.17) is 0 Å². The topological polar surface area (TPSA) is 17.1 Å². The lowest BCUT2D eigenvalue weighted by molar-refractivity contribution is -0.116. The number of allylic oxidation sites excluding steroid dienone is 2. The van der Waals surface area contributed by atoms with E-state index in [0.29, 0.717) is 12.3 Å². The molecule has 10 heavy (non-hydrogen) atoms. The van der Waals surface area contributed by atoms with Crippen molar-refractivity contribution < 1.29 is 4.79 Å². The van der Waals surface area contributed by atoms with Crippen LogP contribution in [0.25, 0.3) is 0 Å². The molecule has 0 saturated heterocycles. The predicted molar refractivity (Wildman–Crippen MR) is 43.9 cm³/mol. The van der Waals surface area contributed by atoms with E-state index in [0.717, 1.165) is 6.42 Å². The Balaban J connectivity index is 3.45. The van der Waals surface area contributed by atoms with E-state index in [2.05, 4.69) is 19.9 Å². The van der Waals surface area contributed by atoms with Gasteiger partial charge in [-0.25, -0.2) is 0 Å². The van der Waals surface area contributed by atoms with Gasteiger partial charge in [-0.15, -0.1) is 0 Å². The molecule has 0 amide bonds. The van der Waals surface area contributed by atoms with E-state index < -0.39 is 0 Å². The van der Waals surface area contributed by atoms with Crippen LogP contribution in [0.5, 0.6) is 0 Å². The third-order valence-electron chi connectivity index (χ3n) is 1.51. The minimum absolute atomic E-state index is 0.236. The van der Waals surface area contributed by atoms with Crippen LogP contribution in [-0.2, 0) is 4.79 Å². The van der Waals surface area contributed by atoms with Gasteiger partial charge in [-0.3, -0.25) is 4.79 Å². The predicted octanol–water partition coefficient (Wildman–Crippen LogP) is 2.57. The Morgan fingerprint density at radius 1 is 1.60 bits per heavy atom. The molecular weight excluding hydrogens is 124 g/mol. The van der Waals surface area contributed by atoms with E-state index in [1.165, 1.54) is 0 Å². The van der Waals surface area contributed by atoms with Crippen LogP contribution in [0, 0.1) is 5.92 Å². The summed E-state index contributed by atoms with van der Waals surface area (Å²) in [5.41, 5.74) is 0. The maximum Gasteiger partial charge on any atom is 0.133 e. The molecule has 0 aliphatic carbocycles. The first-order chi connectivity index (χ1) is 4.66. The van der Waals surface area contributed by atoms with Crippen molar-refractivity contribution in [1.82, 2.24) is 0 Å². The Morgan fingerprint density at radius 2 is 2.20 bits per heavy atom. The van der Waals surface area contributed by atoms with Crippen LogP contribution in [0.3, 0.4) is 0 Å². The lowest BCUT2D eigenvalue weighted by atomic mass is 10.1. The van der Waals surface area contributed by atoms with Crippen molar-refractivity contribution in [2.45, 2.75) is 33.6 Å². The first-order valence-electron chi connectivity index (χ1n) is 3.83. The van der Waals surface area contributed by atoms with Crippen molar-refractivity contribution >= 4 is 5.78 Å². The van der Waals surface area contributed by atoms with Crippen LogP contribution in [0.1, 0.15) is 33.6 Å². The van der Waals surface area contributed by atoms with Crippen molar-refractivity contribution in [3.63, 3.8) is 0 Å². The molecule has 0 rings (SSSR count). The fourth-order valence-corrected chi connectivity index (χ4v) is 0.602. The largest absolute Gasteiger partial charge is 0.300 e. The second-order valence-electron chi connectivity index (χ2n) is 2.72. The minimum atomic E-state index is 0.236. The summed E-state index contributed by atoms with van der Waals surface area (Å²) in [4.78, 5) is 10.5. The van der Waals surface area contributed by atoms with Gasteiger partial charge in [0.15, 0.2) is 0 Å². The van der Waals surface area contributed by atoms with Gasteiger partial charge in [-0.1, -0.05) is 32.4 Å². The molecule has 0 fully saturated rings. The molecular formula is C9H16O. The van der Waals surface area contributed by atoms with Gasteiger partial charge in [0.05, 0.1) is 0 Å². The maximum absolute atomic E-state index is 10.5. The Morgan fingerprint density at radius 3 is 2.60 bits per heavy atom. The number of hydrogen-bond donors (Lipinski definition) is 0. The molecule has 58 valence electrons. The average Bonchev–Trinajstić information content (AvgIpc) is 1.87. The first-order valence-corrected chi connectivity index (χ1v) is 3.83. The summed E-state index contributed by atoms with van der Waals surface area (Å²) in [5.74, 6) is 0.846. The normalized spacial score (nSPS) is 13.9. The molecule has 0 saturated carbocycles. The Bertz CT molecular complexity index is 125. The molecule has 0 N–H and O–H groups in total. The van der Waals surface area contributed by atoms with Gasteiger partial charge in [-0.2, -0.15) is 0 Å². The summed E-state index contributed by atoms with van der Waals surface area (Å²) in [7, 11) is 0. The summed E-state index contributed by atoms with van der Waals surface area (Å²) in [6, 6.07) is 0. The summed E-state index contributed by atoms with van der Waals surface area (Å²) >= 11 is 0. The van der Waals surface area contributed by atoms with Gasteiger partial charge in [-0.05, 0) is 12.8 Å². The quantitative estimate of drug-likeness (QED) is 0.548. The fourth-order valence-electron chi connectivity index (χ4n) is 0.602. The number of carbonyl (C=O) groups is 1. The van der Waals surface area contributed by atoms with E-state index in [9.17, 15) is 4.79 Å². The second-order valence-corrected chi connectivity index (χ2v) is 2.72. The van der Waals surface area contributed by atoms with Crippen molar-refractivity contribution in [3.8, 4) is 0 Å². The summed E-state index contributed by atoms with van der Waals surface area (Å²) in [6.07, 6.45) is 5.79. The minimum Gasteiger partial charge on any atom is -0.300 e. The van der Waals surface area contributed by atoms with Crippen molar-refractivity contribution in [2.24, 2.45) is 5.92 Å². The van der Waals surface area contributed by atoms with Crippen LogP contribution in [0.15, 0.2) is 12.2 Å². The lowest BCUT2D eigenvalue weighted by Crippen LogP contribution is -1.88. The summed E-state index contributed by atoms with van der Waals surface area (Å²) < 4.78 is 0. The number of carbonyl (C=O) groups excluding carboxylic acids is 1. The standard InChI is InChI=1S/C9H16O/c1-4-8(2)6-5-7-9(3)10/h5-6,8H,4,7H2,1-3H3. The van der Waals surface area contributed by atoms with Crippen molar-refractivity contribution in [1.29, 1.82) is 0 Å². The Kier molecular flexibility index (Phi) is 4.91. The SMILES string of the molecule is CCC(C)C=CCC(C)=O. The van der Waals surface area contributed by atoms with Crippen molar-refractivity contribution in [3.05, 3.63) is 12.2 Å². The molecule has 0 spiro atoms. The number of ketones is 1. The zero-order valence-corrected chi connectivity index (χ0v) is 7.05. The van der Waals surface area contributed by atoms with Gasteiger partial charge >= 0.3 is 0 Å². The molecule has 0 aliphatic heterocycles. The van der Waals surface area contributed by atoms with E-state index in [-0.39, 0.29) is 5.78 Å². The molecule has 0 heterocycles. The van der Waals surface area contributed by atoms with Crippen LogP contribution in [0.4, 0.5) is 0 Å². The summed E-state index contributed by atoms with van der Waals surface area (Å²) in [6.45, 7) is 5.90. The third-order valence-corrected chi connectivity index (χ3v) is 1.51. The average molecular weight is 140 g/mol. The molecule has 1 unspecified atom stereocenters. The van der Waals surface area contributed by atoms with Crippen LogP contribution >= 0.6 is 0 Å². The molecule has 1 heteroatoms. The number of rotatable bonds is 4. The van der Waals surface area contributed by atoms with E-state index in [1.54, 1.807) is 6.92 Å². The third kappa shape index (κ3) is 5.54. The highest BCUT2D eigenvalue weighted by Crippen LogP contribution is 2.02. The molecule has 0 bridgehead atoms. The number of Topliss-reactive ketones (excluding diaryl/α,β-unsaturated/α-hetero) is 1. The van der Waals surface area contributed by atoms with Crippen LogP contribution < -0.4 is 0 Å². The van der Waals surface area contributed by atoms with Gasteiger partial charge in [0, 0.05) is 6.42 Å². The molecule has 0 aromatic heterocycles. The van der Waals surface area contributed by atoms with Gasteiger partial charge in [0.2, 0.25) is 0 Å². The smallest absolute Gasteiger partial charge is 0.133 e. The molecule has 0 radical (unpaired) electrons. The highest BCUT2D eigenvalue weighted by atomic mass is 16.1. The van der Waals surface area contributed by atoms with Crippen LogP contribution in [0.2, 0.25) is 0 Å². The Labute approximate surface area is 63.1 Å². The molecule has 1 nitrogen and oxygen atoms in total. The number of hydrogen-bond acceptors (Lipinski definition) is 1. The monoisotopic (exact) mass is 140 g/mol. The van der Waals surface area contributed by atoms with Gasteiger partial charge in [0.1, 0.15) is 5.78 Å². The zero-order valence-electron chi connectivity index (χ0n) is 7.05. The highest BCUT2D eigenvalue weighted by molar-refractivity contribution is 5.76. The molecule has 0 aliphatic rings. The zero-order chi connectivity index (χ0) is 7.98.